The van der Waals surface area contributed by atoms with Crippen molar-refractivity contribution >= 4 is 23.1 Å². The Labute approximate surface area is 237 Å². The highest BCUT2D eigenvalue weighted by molar-refractivity contribution is 5.80. The summed E-state index contributed by atoms with van der Waals surface area (Å²) < 4.78 is 22.6. The van der Waals surface area contributed by atoms with Crippen LogP contribution < -0.4 is 21.1 Å². The summed E-state index contributed by atoms with van der Waals surface area (Å²) in [5.41, 5.74) is 15.0. The van der Waals surface area contributed by atoms with Gasteiger partial charge in [0.2, 0.25) is 5.91 Å². The van der Waals surface area contributed by atoms with E-state index in [1.165, 1.54) is 18.5 Å². The predicted octanol–water partition coefficient (Wildman–Crippen LogP) is 4.65. The molecule has 6 rings (SSSR count). The molecule has 1 amide bonds. The lowest BCUT2D eigenvalue weighted by atomic mass is 9.86. The Kier molecular flexibility index (Phi) is 6.72. The van der Waals surface area contributed by atoms with E-state index >= 15 is 0 Å². The minimum absolute atomic E-state index is 0.0820. The lowest BCUT2D eigenvalue weighted by Crippen LogP contribution is -2.31. The molecule has 0 bridgehead atoms. The van der Waals surface area contributed by atoms with Crippen LogP contribution in [0.15, 0.2) is 61.2 Å². The number of amides is 1. The minimum Gasteiger partial charge on any atom is -0.451 e. The van der Waals surface area contributed by atoms with Gasteiger partial charge in [-0.15, -0.1) is 0 Å². The Bertz CT molecular complexity index is 1610. The van der Waals surface area contributed by atoms with Crippen LogP contribution in [0.3, 0.4) is 0 Å². The number of carbonyl (C=O) groups excluding carboxylic acids is 1. The van der Waals surface area contributed by atoms with E-state index in [1.807, 2.05) is 41.6 Å². The van der Waals surface area contributed by atoms with E-state index in [9.17, 15) is 9.18 Å². The van der Waals surface area contributed by atoms with Crippen molar-refractivity contribution in [3.05, 3.63) is 72.6 Å². The van der Waals surface area contributed by atoms with Gasteiger partial charge in [0.15, 0.2) is 11.6 Å². The number of hydrogen-bond acceptors (Lipinski definition) is 8. The summed E-state index contributed by atoms with van der Waals surface area (Å²) in [5, 5.41) is 4.40. The zero-order valence-electron chi connectivity index (χ0n) is 23.1. The Hall–Kier alpha value is -4.67. The third-order valence-corrected chi connectivity index (χ3v) is 7.92. The Balaban J connectivity index is 1.23. The molecule has 2 aliphatic heterocycles. The summed E-state index contributed by atoms with van der Waals surface area (Å²) in [6.45, 7) is 6.55. The number of ether oxygens (including phenoxy) is 1. The molecule has 4 N–H and O–H groups in total. The van der Waals surface area contributed by atoms with Crippen molar-refractivity contribution in [2.75, 3.05) is 36.0 Å². The monoisotopic (exact) mass is 556 g/mol. The highest BCUT2D eigenvalue weighted by Gasteiger charge is 2.48. The fraction of sp³-hybridized carbons (Fsp3) is 0.333. The third kappa shape index (κ3) is 5.15. The number of nitrogens with two attached hydrogens (primary N) is 2. The van der Waals surface area contributed by atoms with Crippen LogP contribution >= 0.6 is 0 Å². The second-order valence-electron chi connectivity index (χ2n) is 11.3. The summed E-state index contributed by atoms with van der Waals surface area (Å²) in [6.07, 6.45) is 6.12. The second-order valence-corrected chi connectivity index (χ2v) is 11.3. The van der Waals surface area contributed by atoms with Crippen LogP contribution in [0.5, 0.6) is 11.5 Å². The minimum atomic E-state index is -0.369. The van der Waals surface area contributed by atoms with E-state index in [4.69, 9.17) is 16.2 Å². The molecule has 2 fully saturated rings. The van der Waals surface area contributed by atoms with E-state index < -0.39 is 0 Å². The topological polar surface area (TPSA) is 128 Å². The molecule has 2 aromatic carbocycles. The SMILES string of the molecule is CC(C)n1nccc1-c1cc(F)ccc1Oc1cncnc1N1CCC2(CC(=O)N(Cc3ccc(N)c(N)c3)C2)C1. The van der Waals surface area contributed by atoms with E-state index in [-0.39, 0.29) is 23.2 Å². The number of nitrogen functional groups attached to an aromatic ring is 2. The molecule has 1 spiro atoms. The number of benzene rings is 2. The lowest BCUT2D eigenvalue weighted by Gasteiger charge is -2.25. The van der Waals surface area contributed by atoms with E-state index in [2.05, 4.69) is 20.0 Å². The first-order valence-electron chi connectivity index (χ1n) is 13.7. The van der Waals surface area contributed by atoms with Gasteiger partial charge in [-0.3, -0.25) is 9.48 Å². The molecule has 11 heteroatoms. The Morgan fingerprint density at radius 3 is 2.73 bits per heavy atom. The van der Waals surface area contributed by atoms with E-state index in [0.29, 0.717) is 60.3 Å². The molecule has 4 aromatic rings. The van der Waals surface area contributed by atoms with Gasteiger partial charge in [0.25, 0.3) is 0 Å². The highest BCUT2D eigenvalue weighted by Crippen LogP contribution is 2.44. The average molecular weight is 557 g/mol. The molecule has 2 aromatic heterocycles. The summed E-state index contributed by atoms with van der Waals surface area (Å²) in [4.78, 5) is 25.9. The maximum absolute atomic E-state index is 14.4. The largest absolute Gasteiger partial charge is 0.451 e. The molecule has 41 heavy (non-hydrogen) atoms. The number of carbonyl (C=O) groups is 1. The third-order valence-electron chi connectivity index (χ3n) is 7.92. The summed E-state index contributed by atoms with van der Waals surface area (Å²) in [6, 6.07) is 11.9. The lowest BCUT2D eigenvalue weighted by molar-refractivity contribution is -0.128. The van der Waals surface area contributed by atoms with Gasteiger partial charge >= 0.3 is 0 Å². The molecule has 10 nitrogen and oxygen atoms in total. The number of hydrogen-bond donors (Lipinski definition) is 2. The fourth-order valence-corrected chi connectivity index (χ4v) is 5.93. The highest BCUT2D eigenvalue weighted by atomic mass is 19.1. The van der Waals surface area contributed by atoms with Gasteiger partial charge < -0.3 is 26.0 Å². The second kappa shape index (κ2) is 10.4. The van der Waals surface area contributed by atoms with Gasteiger partial charge in [-0.05, 0) is 62.2 Å². The van der Waals surface area contributed by atoms with Gasteiger partial charge in [-0.25, -0.2) is 14.4 Å². The van der Waals surface area contributed by atoms with Crippen molar-refractivity contribution in [1.29, 1.82) is 0 Å². The zero-order valence-corrected chi connectivity index (χ0v) is 23.1. The van der Waals surface area contributed by atoms with Gasteiger partial charge in [0.1, 0.15) is 17.9 Å². The predicted molar refractivity (Wildman–Crippen MR) is 155 cm³/mol. The number of rotatable bonds is 7. The van der Waals surface area contributed by atoms with Crippen LogP contribution in [-0.2, 0) is 11.3 Å². The molecule has 2 saturated heterocycles. The van der Waals surface area contributed by atoms with Crippen molar-refractivity contribution in [1.82, 2.24) is 24.6 Å². The first-order chi connectivity index (χ1) is 19.7. The maximum Gasteiger partial charge on any atom is 0.223 e. The molecule has 0 radical (unpaired) electrons. The van der Waals surface area contributed by atoms with Crippen LogP contribution in [0.1, 0.15) is 38.3 Å². The molecule has 2 aliphatic rings. The molecule has 212 valence electrons. The molecule has 4 heterocycles. The molecule has 1 atom stereocenters. The van der Waals surface area contributed by atoms with Crippen molar-refractivity contribution in [2.45, 2.75) is 39.3 Å². The summed E-state index contributed by atoms with van der Waals surface area (Å²) >= 11 is 0. The first-order valence-corrected chi connectivity index (χ1v) is 13.7. The number of nitrogens with zero attached hydrogens (tertiary/aromatic N) is 6. The quantitative estimate of drug-likeness (QED) is 0.315. The molecular weight excluding hydrogens is 523 g/mol. The zero-order chi connectivity index (χ0) is 28.7. The van der Waals surface area contributed by atoms with Crippen molar-refractivity contribution in [3.63, 3.8) is 0 Å². The number of likely N-dealkylation sites (tertiary alicyclic amines) is 1. The van der Waals surface area contributed by atoms with Crippen molar-refractivity contribution in [2.24, 2.45) is 5.41 Å². The number of halogens is 1. The standard InChI is InChI=1S/C30H33FN8O2/c1-19(2)39-25(7-9-36-39)22-12-21(31)4-6-26(22)41-27-14-34-18-35-29(27)37-10-8-30(16-37)13-28(40)38(17-30)15-20-3-5-23(32)24(33)11-20/h3-7,9,11-12,14,18-19H,8,10,13,15-17,32-33H2,1-2H3. The summed E-state index contributed by atoms with van der Waals surface area (Å²) in [5.74, 6) is 1.34. The Morgan fingerprint density at radius 1 is 1.07 bits per heavy atom. The summed E-state index contributed by atoms with van der Waals surface area (Å²) in [7, 11) is 0. The average Bonchev–Trinajstić information content (AvgIpc) is 3.67. The van der Waals surface area contributed by atoms with Crippen LogP contribution in [-0.4, -0.2) is 50.2 Å². The normalized spacial score (nSPS) is 18.7. The maximum atomic E-state index is 14.4. The smallest absolute Gasteiger partial charge is 0.223 e. The van der Waals surface area contributed by atoms with Crippen LogP contribution in [0, 0.1) is 11.2 Å². The fourth-order valence-electron chi connectivity index (χ4n) is 5.93. The molecular formula is C30H33FN8O2. The van der Waals surface area contributed by atoms with E-state index in [1.54, 1.807) is 24.5 Å². The molecule has 1 unspecified atom stereocenters. The van der Waals surface area contributed by atoms with Crippen molar-refractivity contribution < 1.29 is 13.9 Å². The van der Waals surface area contributed by atoms with Crippen LogP contribution in [0.4, 0.5) is 21.6 Å². The van der Waals surface area contributed by atoms with Gasteiger partial charge in [-0.1, -0.05) is 6.07 Å². The van der Waals surface area contributed by atoms with Gasteiger partial charge in [0, 0.05) is 55.8 Å². The molecule has 0 saturated carbocycles. The van der Waals surface area contributed by atoms with Crippen molar-refractivity contribution in [3.8, 4) is 22.8 Å². The van der Waals surface area contributed by atoms with Gasteiger partial charge in [0.05, 0.1) is 23.3 Å². The number of aromatic nitrogens is 4. The number of anilines is 3. The van der Waals surface area contributed by atoms with Crippen LogP contribution in [0.25, 0.3) is 11.3 Å². The Morgan fingerprint density at radius 2 is 1.93 bits per heavy atom. The van der Waals surface area contributed by atoms with E-state index in [0.717, 1.165) is 24.2 Å². The van der Waals surface area contributed by atoms with Gasteiger partial charge in [-0.2, -0.15) is 5.10 Å². The first kappa shape index (κ1) is 26.5. The van der Waals surface area contributed by atoms with Crippen LogP contribution in [0.2, 0.25) is 0 Å². The molecule has 0 aliphatic carbocycles.